The first kappa shape index (κ1) is 29.3. The average Bonchev–Trinajstić information content (AvgIpc) is 2.98. The van der Waals surface area contributed by atoms with E-state index >= 15 is 0 Å². The highest BCUT2D eigenvalue weighted by atomic mass is 35.5. The van der Waals surface area contributed by atoms with E-state index in [1.54, 1.807) is 36.0 Å². The van der Waals surface area contributed by atoms with Crippen molar-refractivity contribution >= 4 is 58.4 Å². The predicted octanol–water partition coefficient (Wildman–Crippen LogP) is 8.40. The van der Waals surface area contributed by atoms with Gasteiger partial charge in [-0.2, -0.15) is 0 Å². The normalized spacial score (nSPS) is 11.2. The van der Waals surface area contributed by atoms with Crippen molar-refractivity contribution < 1.29 is 19.2 Å². The van der Waals surface area contributed by atoms with Crippen LogP contribution in [0.4, 0.5) is 0 Å². The van der Waals surface area contributed by atoms with E-state index in [0.29, 0.717) is 34.6 Å². The van der Waals surface area contributed by atoms with E-state index in [0.717, 1.165) is 20.4 Å². The number of halogens is 1. The van der Waals surface area contributed by atoms with Crippen LogP contribution < -0.4 is 0 Å². The molecule has 0 spiro atoms. The summed E-state index contributed by atoms with van der Waals surface area (Å²) >= 11 is 9.12. The summed E-state index contributed by atoms with van der Waals surface area (Å²) in [4.78, 5) is 44.9. The maximum atomic E-state index is 13.2. The third-order valence-electron chi connectivity index (χ3n) is 5.69. The van der Waals surface area contributed by atoms with Crippen LogP contribution in [-0.4, -0.2) is 29.0 Å². The molecule has 0 aliphatic heterocycles. The number of hydrogen-bond acceptors (Lipinski definition) is 7. The van der Waals surface area contributed by atoms with Gasteiger partial charge in [0.1, 0.15) is 5.71 Å². The van der Waals surface area contributed by atoms with Crippen molar-refractivity contribution in [1.29, 1.82) is 0 Å². The Morgan fingerprint density at radius 3 is 1.88 bits per heavy atom. The number of carbonyl (C=O) groups is 3. The molecule has 0 saturated heterocycles. The van der Waals surface area contributed by atoms with Gasteiger partial charge in [0, 0.05) is 43.3 Å². The van der Waals surface area contributed by atoms with Crippen LogP contribution in [0.25, 0.3) is 0 Å². The third kappa shape index (κ3) is 8.68. The van der Waals surface area contributed by atoms with Crippen LogP contribution in [-0.2, 0) is 9.63 Å². The van der Waals surface area contributed by atoms with Gasteiger partial charge in [-0.25, -0.2) is 4.79 Å². The zero-order valence-electron chi connectivity index (χ0n) is 21.7. The molecule has 0 amide bonds. The van der Waals surface area contributed by atoms with Crippen molar-refractivity contribution in [2.24, 2.45) is 5.16 Å². The van der Waals surface area contributed by atoms with Gasteiger partial charge in [-0.3, -0.25) is 9.59 Å². The Labute approximate surface area is 247 Å². The zero-order chi connectivity index (χ0) is 28.3. The Morgan fingerprint density at radius 1 is 0.725 bits per heavy atom. The Balaban J connectivity index is 1.35. The molecule has 40 heavy (non-hydrogen) atoms. The van der Waals surface area contributed by atoms with Gasteiger partial charge in [0.2, 0.25) is 5.78 Å². The minimum absolute atomic E-state index is 0.0187. The summed E-state index contributed by atoms with van der Waals surface area (Å²) in [5.41, 5.74) is 1.94. The van der Waals surface area contributed by atoms with Crippen LogP contribution in [0.3, 0.4) is 0 Å². The molecule has 0 aliphatic carbocycles. The first-order valence-electron chi connectivity index (χ1n) is 12.5. The topological polar surface area (TPSA) is 72.8 Å². The minimum atomic E-state index is -0.580. The highest BCUT2D eigenvalue weighted by Gasteiger charge is 2.16. The van der Waals surface area contributed by atoms with Gasteiger partial charge in [0.25, 0.3) is 0 Å². The lowest BCUT2D eigenvalue weighted by Gasteiger charge is -2.08. The van der Waals surface area contributed by atoms with Gasteiger partial charge in [-0.1, -0.05) is 58.9 Å². The number of ketones is 2. The largest absolute Gasteiger partial charge is 0.331 e. The van der Waals surface area contributed by atoms with Crippen LogP contribution in [0.15, 0.2) is 123 Å². The molecule has 0 unspecified atom stereocenters. The van der Waals surface area contributed by atoms with Crippen molar-refractivity contribution in [3.8, 4) is 0 Å². The van der Waals surface area contributed by atoms with Gasteiger partial charge >= 0.3 is 5.97 Å². The van der Waals surface area contributed by atoms with Crippen molar-refractivity contribution in [1.82, 2.24) is 0 Å². The lowest BCUT2D eigenvalue weighted by Crippen LogP contribution is -2.16. The molecule has 4 aromatic rings. The summed E-state index contributed by atoms with van der Waals surface area (Å²) in [5.74, 6) is -0.115. The molecule has 0 radical (unpaired) electrons. The fourth-order valence-electron chi connectivity index (χ4n) is 3.69. The number of carbonyl (C=O) groups excluding carboxylic acids is 3. The summed E-state index contributed by atoms with van der Waals surface area (Å²) in [5, 5.41) is 4.53. The third-order valence-corrected chi connectivity index (χ3v) is 8.06. The second kappa shape index (κ2) is 14.7. The van der Waals surface area contributed by atoms with Crippen LogP contribution in [0.1, 0.15) is 46.0 Å². The molecule has 4 aromatic carbocycles. The molecular weight excluding hydrogens is 562 g/mol. The Morgan fingerprint density at radius 2 is 1.27 bits per heavy atom. The number of thioether (sulfide) groups is 1. The predicted molar refractivity (Wildman–Crippen MR) is 162 cm³/mol. The average molecular weight is 588 g/mol. The maximum Gasteiger partial charge on any atom is 0.331 e. The Hall–Kier alpha value is -3.65. The fraction of sp³-hybridized carbons (Fsp3) is 0.125. The van der Waals surface area contributed by atoms with E-state index in [4.69, 9.17) is 16.4 Å². The molecule has 5 nitrogen and oxygen atoms in total. The monoisotopic (exact) mass is 587 g/mol. The summed E-state index contributed by atoms with van der Waals surface area (Å²) < 4.78 is 0. The molecular formula is C32H26ClNO4S2. The molecule has 0 saturated carbocycles. The minimum Gasteiger partial charge on any atom is -0.318 e. The van der Waals surface area contributed by atoms with Crippen LogP contribution in [0.5, 0.6) is 0 Å². The van der Waals surface area contributed by atoms with Crippen LogP contribution in [0.2, 0.25) is 5.02 Å². The molecule has 202 valence electrons. The van der Waals surface area contributed by atoms with Crippen LogP contribution >= 0.6 is 35.1 Å². The molecule has 0 aliphatic rings. The van der Waals surface area contributed by atoms with Crippen molar-refractivity contribution in [3.05, 3.63) is 125 Å². The Kier molecular flexibility index (Phi) is 10.7. The zero-order valence-corrected chi connectivity index (χ0v) is 24.1. The molecule has 0 N–H and O–H groups in total. The SMILES string of the molecule is CC(=O)O/N=C(\CCCSc1ccc(Cl)cc1)C(=O)c1ccc(Sc2ccc(C(=O)c3ccccc3)cc2)cc1. The molecule has 0 aromatic heterocycles. The molecule has 0 atom stereocenters. The number of oxime groups is 1. The number of nitrogens with zero attached hydrogens (tertiary/aromatic N) is 1. The van der Waals surface area contributed by atoms with E-state index in [2.05, 4.69) is 5.16 Å². The molecule has 0 fully saturated rings. The van der Waals surface area contributed by atoms with Gasteiger partial charge in [-0.05, 0) is 91.4 Å². The van der Waals surface area contributed by atoms with Crippen LogP contribution in [0, 0.1) is 0 Å². The molecule has 4 rings (SSSR count). The van der Waals surface area contributed by atoms with Gasteiger partial charge in [-0.15, -0.1) is 11.8 Å². The lowest BCUT2D eigenvalue weighted by molar-refractivity contribution is -0.140. The van der Waals surface area contributed by atoms with Gasteiger partial charge in [0.05, 0.1) is 0 Å². The highest BCUT2D eigenvalue weighted by molar-refractivity contribution is 7.99. The first-order chi connectivity index (χ1) is 19.4. The Bertz CT molecular complexity index is 1490. The first-order valence-corrected chi connectivity index (χ1v) is 14.7. The fourth-order valence-corrected chi connectivity index (χ4v) is 5.48. The molecule has 0 bridgehead atoms. The van der Waals surface area contributed by atoms with E-state index in [1.807, 2.05) is 78.9 Å². The quantitative estimate of drug-likeness (QED) is 0.0414. The maximum absolute atomic E-state index is 13.2. The number of benzene rings is 4. The summed E-state index contributed by atoms with van der Waals surface area (Å²) in [6.07, 6.45) is 1.05. The highest BCUT2D eigenvalue weighted by Crippen LogP contribution is 2.29. The van der Waals surface area contributed by atoms with Crippen molar-refractivity contribution in [2.75, 3.05) is 5.75 Å². The smallest absolute Gasteiger partial charge is 0.318 e. The van der Waals surface area contributed by atoms with Crippen molar-refractivity contribution in [2.45, 2.75) is 34.5 Å². The molecule has 8 heteroatoms. The van der Waals surface area contributed by atoms with E-state index in [9.17, 15) is 14.4 Å². The summed E-state index contributed by atoms with van der Waals surface area (Å²) in [6, 6.07) is 31.4. The number of hydrogen-bond donors (Lipinski definition) is 0. The van der Waals surface area contributed by atoms with Crippen molar-refractivity contribution in [3.63, 3.8) is 0 Å². The van der Waals surface area contributed by atoms with E-state index < -0.39 is 5.97 Å². The standard InChI is InChI=1S/C32H26ClNO4S2/c1-22(35)38-34-30(8-5-21-39-27-19-13-26(33)14-20-27)32(37)25-11-17-29(18-12-25)40-28-15-9-24(10-16-28)31(36)23-6-3-2-4-7-23/h2-4,6-7,9-20H,5,8,21H2,1H3/b34-30+. The lowest BCUT2D eigenvalue weighted by atomic mass is 10.0. The number of rotatable bonds is 12. The summed E-state index contributed by atoms with van der Waals surface area (Å²) in [6.45, 7) is 1.25. The van der Waals surface area contributed by atoms with Gasteiger partial charge in [0.15, 0.2) is 5.78 Å². The number of Topliss-reactive ketones (excluding diaryl/α,β-unsaturated/α-hetero) is 1. The molecule has 0 heterocycles. The van der Waals surface area contributed by atoms with E-state index in [1.165, 1.54) is 18.7 Å². The van der Waals surface area contributed by atoms with Gasteiger partial charge < -0.3 is 4.84 Å². The summed E-state index contributed by atoms with van der Waals surface area (Å²) in [7, 11) is 0. The second-order valence-corrected chi connectivity index (χ2v) is 11.5. The van der Waals surface area contributed by atoms with E-state index in [-0.39, 0.29) is 17.3 Å². The second-order valence-electron chi connectivity index (χ2n) is 8.70.